The maximum absolute atomic E-state index is 6.08. The third-order valence-corrected chi connectivity index (χ3v) is 3.57. The highest BCUT2D eigenvalue weighted by Gasteiger charge is 2.16. The Balaban J connectivity index is 2.39. The topological polar surface area (TPSA) is 30.7 Å². The van der Waals surface area contributed by atoms with Crippen LogP contribution in [0, 0.1) is 0 Å². The van der Waals surface area contributed by atoms with Gasteiger partial charge in [0.1, 0.15) is 5.82 Å². The largest absolute Gasteiger partial charge is 0.294 e. The summed E-state index contributed by atoms with van der Waals surface area (Å²) in [5.41, 5.74) is 1.18. The summed E-state index contributed by atoms with van der Waals surface area (Å²) in [7, 11) is 0. The summed E-state index contributed by atoms with van der Waals surface area (Å²) < 4.78 is 3.03. The van der Waals surface area contributed by atoms with Gasteiger partial charge in [-0.25, -0.2) is 0 Å². The third kappa shape index (κ3) is 2.53. The van der Waals surface area contributed by atoms with Gasteiger partial charge in [0.05, 0.1) is 6.04 Å². The lowest BCUT2D eigenvalue weighted by Crippen LogP contribution is -2.10. The Morgan fingerprint density at radius 3 is 2.53 bits per heavy atom. The van der Waals surface area contributed by atoms with Crippen molar-refractivity contribution in [3.8, 4) is 0 Å². The summed E-state index contributed by atoms with van der Waals surface area (Å²) in [5.74, 6) is 0.908. The highest BCUT2D eigenvalue weighted by Crippen LogP contribution is 2.24. The lowest BCUT2D eigenvalue weighted by atomic mass is 10.1. The molecule has 0 amide bonds. The lowest BCUT2D eigenvalue weighted by molar-refractivity contribution is 0.605. The Hall–Kier alpha value is -0.870. The first-order valence-electron chi connectivity index (χ1n) is 5.48. The van der Waals surface area contributed by atoms with Crippen molar-refractivity contribution in [1.29, 1.82) is 0 Å². The smallest absolute Gasteiger partial charge is 0.225 e. The molecule has 2 rings (SSSR count). The van der Waals surface area contributed by atoms with E-state index >= 15 is 0 Å². The molecular formula is C12H13BrClN3. The fourth-order valence-electron chi connectivity index (χ4n) is 1.82. The molecule has 0 saturated carbocycles. The van der Waals surface area contributed by atoms with Crippen LogP contribution in [0.2, 0.25) is 5.28 Å². The van der Waals surface area contributed by atoms with Gasteiger partial charge in [-0.1, -0.05) is 35.0 Å². The van der Waals surface area contributed by atoms with Gasteiger partial charge >= 0.3 is 0 Å². The van der Waals surface area contributed by atoms with Crippen molar-refractivity contribution in [2.24, 2.45) is 0 Å². The highest BCUT2D eigenvalue weighted by molar-refractivity contribution is 9.10. The third-order valence-electron chi connectivity index (χ3n) is 2.78. The molecular weight excluding hydrogens is 302 g/mol. The van der Waals surface area contributed by atoms with Crippen LogP contribution in [0.25, 0.3) is 0 Å². The average molecular weight is 315 g/mol. The normalized spacial score (nSPS) is 12.7. The minimum atomic E-state index is 0.139. The fourth-order valence-corrected chi connectivity index (χ4v) is 2.36. The van der Waals surface area contributed by atoms with Crippen LogP contribution in [0.5, 0.6) is 0 Å². The van der Waals surface area contributed by atoms with Crippen molar-refractivity contribution in [3.63, 3.8) is 0 Å². The van der Waals surface area contributed by atoms with Crippen LogP contribution in [-0.4, -0.2) is 14.8 Å². The van der Waals surface area contributed by atoms with Gasteiger partial charge in [0, 0.05) is 10.9 Å². The molecule has 0 saturated heterocycles. The molecule has 17 heavy (non-hydrogen) atoms. The number of aryl methyl sites for hydroxylation is 1. The zero-order chi connectivity index (χ0) is 12.4. The van der Waals surface area contributed by atoms with E-state index in [1.165, 1.54) is 5.56 Å². The number of nitrogens with zero attached hydrogens (tertiary/aromatic N) is 3. The minimum Gasteiger partial charge on any atom is -0.294 e. The van der Waals surface area contributed by atoms with E-state index in [1.807, 2.05) is 23.6 Å². The molecule has 1 atom stereocenters. The SMILES string of the molecule is CCc1nnc(Cl)n1C(C)c1ccc(Br)cc1. The number of benzene rings is 1. The Labute approximate surface area is 114 Å². The van der Waals surface area contributed by atoms with Crippen molar-refractivity contribution < 1.29 is 0 Å². The first-order chi connectivity index (χ1) is 8.13. The van der Waals surface area contributed by atoms with Crippen LogP contribution in [0.3, 0.4) is 0 Å². The summed E-state index contributed by atoms with van der Waals surface area (Å²) in [5, 5.41) is 8.43. The summed E-state index contributed by atoms with van der Waals surface area (Å²) in [6.07, 6.45) is 0.820. The second-order valence-electron chi connectivity index (χ2n) is 3.84. The number of halogens is 2. The van der Waals surface area contributed by atoms with Gasteiger partial charge in [-0.3, -0.25) is 4.57 Å². The van der Waals surface area contributed by atoms with Gasteiger partial charge in [0.2, 0.25) is 5.28 Å². The van der Waals surface area contributed by atoms with E-state index in [4.69, 9.17) is 11.6 Å². The molecule has 0 bridgehead atoms. The van der Waals surface area contributed by atoms with Crippen molar-refractivity contribution in [3.05, 3.63) is 45.4 Å². The lowest BCUT2D eigenvalue weighted by Gasteiger charge is -2.16. The van der Waals surface area contributed by atoms with Crippen molar-refractivity contribution in [1.82, 2.24) is 14.8 Å². The maximum atomic E-state index is 6.08. The number of hydrogen-bond donors (Lipinski definition) is 0. The molecule has 0 aliphatic carbocycles. The monoisotopic (exact) mass is 313 g/mol. The quantitative estimate of drug-likeness (QED) is 0.861. The van der Waals surface area contributed by atoms with Crippen molar-refractivity contribution in [2.45, 2.75) is 26.3 Å². The van der Waals surface area contributed by atoms with Crippen LogP contribution in [0.4, 0.5) is 0 Å². The molecule has 1 unspecified atom stereocenters. The first-order valence-corrected chi connectivity index (χ1v) is 6.65. The summed E-state index contributed by atoms with van der Waals surface area (Å²) in [6.45, 7) is 4.14. The molecule has 0 aliphatic rings. The summed E-state index contributed by atoms with van der Waals surface area (Å²) in [6, 6.07) is 8.33. The zero-order valence-electron chi connectivity index (χ0n) is 9.69. The molecule has 5 heteroatoms. The van der Waals surface area contributed by atoms with Gasteiger partial charge in [-0.2, -0.15) is 0 Å². The molecule has 0 fully saturated rings. The van der Waals surface area contributed by atoms with Gasteiger partial charge in [0.15, 0.2) is 0 Å². The Kier molecular flexibility index (Phi) is 3.84. The van der Waals surface area contributed by atoms with Crippen LogP contribution in [0.15, 0.2) is 28.7 Å². The number of aromatic nitrogens is 3. The zero-order valence-corrected chi connectivity index (χ0v) is 12.0. The van der Waals surface area contributed by atoms with E-state index in [1.54, 1.807) is 0 Å². The highest BCUT2D eigenvalue weighted by atomic mass is 79.9. The molecule has 0 spiro atoms. The van der Waals surface area contributed by atoms with E-state index in [0.29, 0.717) is 5.28 Å². The Morgan fingerprint density at radius 1 is 1.29 bits per heavy atom. The number of rotatable bonds is 3. The fraction of sp³-hybridized carbons (Fsp3) is 0.333. The molecule has 1 aromatic carbocycles. The van der Waals surface area contributed by atoms with E-state index in [9.17, 15) is 0 Å². The van der Waals surface area contributed by atoms with Gasteiger partial charge < -0.3 is 0 Å². The Bertz CT molecular complexity index is 507. The van der Waals surface area contributed by atoms with Crippen LogP contribution < -0.4 is 0 Å². The van der Waals surface area contributed by atoms with E-state index < -0.39 is 0 Å². The minimum absolute atomic E-state index is 0.139. The second kappa shape index (κ2) is 5.19. The molecule has 0 radical (unpaired) electrons. The maximum Gasteiger partial charge on any atom is 0.225 e. The summed E-state index contributed by atoms with van der Waals surface area (Å²) in [4.78, 5) is 0. The summed E-state index contributed by atoms with van der Waals surface area (Å²) >= 11 is 9.51. The van der Waals surface area contributed by atoms with E-state index in [2.05, 4.69) is 45.2 Å². The predicted molar refractivity (Wildman–Crippen MR) is 72.4 cm³/mol. The molecule has 1 heterocycles. The molecule has 3 nitrogen and oxygen atoms in total. The van der Waals surface area contributed by atoms with E-state index in [0.717, 1.165) is 16.7 Å². The van der Waals surface area contributed by atoms with Crippen LogP contribution in [-0.2, 0) is 6.42 Å². The molecule has 2 aromatic rings. The molecule has 0 aliphatic heterocycles. The molecule has 0 N–H and O–H groups in total. The Morgan fingerprint density at radius 2 is 1.94 bits per heavy atom. The van der Waals surface area contributed by atoms with Gasteiger partial charge in [0.25, 0.3) is 0 Å². The van der Waals surface area contributed by atoms with Gasteiger partial charge in [-0.15, -0.1) is 10.2 Å². The standard InChI is InChI=1S/C12H13BrClN3/c1-3-11-15-16-12(14)17(11)8(2)9-4-6-10(13)7-5-9/h4-8H,3H2,1-2H3. The van der Waals surface area contributed by atoms with Gasteiger partial charge in [-0.05, 0) is 36.2 Å². The number of hydrogen-bond acceptors (Lipinski definition) is 2. The van der Waals surface area contributed by atoms with E-state index in [-0.39, 0.29) is 6.04 Å². The van der Waals surface area contributed by atoms with Crippen molar-refractivity contribution in [2.75, 3.05) is 0 Å². The van der Waals surface area contributed by atoms with Crippen molar-refractivity contribution >= 4 is 27.5 Å². The molecule has 90 valence electrons. The predicted octanol–water partition coefficient (Wildman–Crippen LogP) is 3.87. The second-order valence-corrected chi connectivity index (χ2v) is 5.09. The molecule has 1 aromatic heterocycles. The van der Waals surface area contributed by atoms with Crippen LogP contribution in [0.1, 0.15) is 31.3 Å². The average Bonchev–Trinajstić information content (AvgIpc) is 2.70. The van der Waals surface area contributed by atoms with Crippen LogP contribution >= 0.6 is 27.5 Å². The first kappa shape index (κ1) is 12.6.